The van der Waals surface area contributed by atoms with Crippen molar-refractivity contribution in [2.75, 3.05) is 32.7 Å². The summed E-state index contributed by atoms with van der Waals surface area (Å²) >= 11 is 0. The first-order valence-corrected chi connectivity index (χ1v) is 17.2. The molecule has 2 aliphatic rings. The topological polar surface area (TPSA) is 156 Å². The molecule has 0 spiro atoms. The lowest BCUT2D eigenvalue weighted by Crippen LogP contribution is -2.48. The fourth-order valence-corrected chi connectivity index (χ4v) is 6.14. The number of rotatable bonds is 6. The fraction of sp³-hybridized carbons (Fsp3) is 0.543. The molecule has 23 heteroatoms. The van der Waals surface area contributed by atoms with Gasteiger partial charge in [0.2, 0.25) is 0 Å². The van der Waals surface area contributed by atoms with E-state index >= 15 is 0 Å². The number of fused-ring (bicyclic) bond motifs is 1. The average Bonchev–Trinajstić information content (AvgIpc) is 3.52. The quantitative estimate of drug-likeness (QED) is 0.177. The van der Waals surface area contributed by atoms with Gasteiger partial charge in [0.25, 0.3) is 0 Å². The number of carboxylic acid groups (broad SMARTS) is 3. The van der Waals surface area contributed by atoms with Crippen molar-refractivity contribution in [2.45, 2.75) is 83.3 Å². The first-order chi connectivity index (χ1) is 26.5. The molecule has 2 fully saturated rings. The Bertz CT molecular complexity index is 1750. The van der Waals surface area contributed by atoms with E-state index < -0.39 is 42.8 Å². The van der Waals surface area contributed by atoms with E-state index in [1.165, 1.54) is 50.2 Å². The van der Waals surface area contributed by atoms with Crippen molar-refractivity contribution in [3.05, 3.63) is 47.5 Å². The molecule has 3 aromatic rings. The standard InChI is InChI=1S/C29H37F3N4O.3C2HF3O2/c1-19(2)18-35-12-10-23(11-13-35)36-14-8-21(9-15-36)22-16-20(3)27-25(17-22)33-28(34-27)24-6-4-5-7-26(24)37-29(30,31)32;3*3-2(4,5)1(6)7/h4-7,16-17,19,21,23H,8-15,18H2,1-3H3,(H,33,34);3*(H,6,7). The lowest BCUT2D eigenvalue weighted by Gasteiger charge is -2.42. The van der Waals surface area contributed by atoms with Crippen LogP contribution in [0.5, 0.6) is 5.75 Å². The molecule has 0 bridgehead atoms. The Balaban J connectivity index is 0.000000453. The van der Waals surface area contributed by atoms with Crippen molar-refractivity contribution in [2.24, 2.45) is 5.92 Å². The molecule has 4 N–H and O–H groups in total. The fourth-order valence-electron chi connectivity index (χ4n) is 6.14. The highest BCUT2D eigenvalue weighted by Gasteiger charge is 2.39. The molecule has 2 saturated heterocycles. The largest absolute Gasteiger partial charge is 0.573 e. The highest BCUT2D eigenvalue weighted by Crippen LogP contribution is 2.36. The Hall–Kier alpha value is -4.80. The second-order valence-corrected chi connectivity index (χ2v) is 13.5. The van der Waals surface area contributed by atoms with Gasteiger partial charge in [-0.25, -0.2) is 19.4 Å². The molecule has 326 valence electrons. The Morgan fingerprint density at radius 2 is 1.24 bits per heavy atom. The number of aliphatic carboxylic acids is 3. The number of aryl methyl sites for hydroxylation is 1. The van der Waals surface area contributed by atoms with Gasteiger partial charge in [-0.15, -0.1) is 13.2 Å². The van der Waals surface area contributed by atoms with Crippen LogP contribution in [0.4, 0.5) is 52.7 Å². The molecule has 0 aliphatic carbocycles. The smallest absolute Gasteiger partial charge is 0.475 e. The van der Waals surface area contributed by atoms with E-state index in [4.69, 9.17) is 29.7 Å². The molecule has 0 radical (unpaired) electrons. The van der Waals surface area contributed by atoms with Crippen LogP contribution < -0.4 is 4.74 Å². The van der Waals surface area contributed by atoms with Gasteiger partial charge in [-0.05, 0) is 99.9 Å². The maximum Gasteiger partial charge on any atom is 0.573 e. The van der Waals surface area contributed by atoms with Crippen LogP contribution in [0.2, 0.25) is 0 Å². The summed E-state index contributed by atoms with van der Waals surface area (Å²) in [5, 5.41) is 21.4. The lowest BCUT2D eigenvalue weighted by atomic mass is 9.87. The third-order valence-corrected chi connectivity index (χ3v) is 8.59. The molecule has 5 rings (SSSR count). The second kappa shape index (κ2) is 20.3. The third-order valence-electron chi connectivity index (χ3n) is 8.59. The van der Waals surface area contributed by atoms with Crippen molar-refractivity contribution in [3.8, 4) is 17.1 Å². The van der Waals surface area contributed by atoms with Crippen LogP contribution in [0.3, 0.4) is 0 Å². The number of aromatic nitrogens is 2. The molecule has 0 atom stereocenters. The van der Waals surface area contributed by atoms with Crippen LogP contribution in [0.1, 0.15) is 56.6 Å². The molecule has 0 unspecified atom stereocenters. The first-order valence-electron chi connectivity index (χ1n) is 17.2. The van der Waals surface area contributed by atoms with Crippen LogP contribution in [0.25, 0.3) is 22.4 Å². The summed E-state index contributed by atoms with van der Waals surface area (Å²) in [5.74, 6) is -6.94. The highest BCUT2D eigenvalue weighted by atomic mass is 19.4. The molecule has 11 nitrogen and oxygen atoms in total. The van der Waals surface area contributed by atoms with Gasteiger partial charge in [0, 0.05) is 12.6 Å². The van der Waals surface area contributed by atoms with E-state index in [0.717, 1.165) is 48.4 Å². The Morgan fingerprint density at radius 1 is 0.776 bits per heavy atom. The molecule has 58 heavy (non-hydrogen) atoms. The summed E-state index contributed by atoms with van der Waals surface area (Å²) in [4.78, 5) is 39.9. The van der Waals surface area contributed by atoms with Gasteiger partial charge in [0.1, 0.15) is 11.6 Å². The van der Waals surface area contributed by atoms with E-state index in [2.05, 4.69) is 50.5 Å². The number of alkyl halides is 12. The maximum absolute atomic E-state index is 12.9. The lowest BCUT2D eigenvalue weighted by molar-refractivity contribution is -0.274. The van der Waals surface area contributed by atoms with Crippen molar-refractivity contribution < 1.29 is 87.1 Å². The highest BCUT2D eigenvalue weighted by molar-refractivity contribution is 5.84. The van der Waals surface area contributed by atoms with Gasteiger partial charge in [0.05, 0.1) is 16.6 Å². The zero-order chi connectivity index (χ0) is 44.4. The zero-order valence-electron chi connectivity index (χ0n) is 30.9. The summed E-state index contributed by atoms with van der Waals surface area (Å²) < 4.78 is 138. The molecular weight excluding hydrogens is 816 g/mol. The van der Waals surface area contributed by atoms with E-state index in [9.17, 15) is 52.7 Å². The minimum Gasteiger partial charge on any atom is -0.475 e. The van der Waals surface area contributed by atoms with Crippen molar-refractivity contribution in [3.63, 3.8) is 0 Å². The van der Waals surface area contributed by atoms with Crippen molar-refractivity contribution in [1.82, 2.24) is 19.8 Å². The summed E-state index contributed by atoms with van der Waals surface area (Å²) in [6, 6.07) is 11.2. The number of hydrogen-bond donors (Lipinski definition) is 4. The third kappa shape index (κ3) is 16.2. The predicted molar refractivity (Wildman–Crippen MR) is 182 cm³/mol. The Morgan fingerprint density at radius 3 is 1.67 bits per heavy atom. The van der Waals surface area contributed by atoms with Gasteiger partial charge in [-0.3, -0.25) is 0 Å². The number of imidazole rings is 1. The number of carboxylic acids is 3. The molecule has 0 amide bonds. The number of H-pyrrole nitrogens is 1. The summed E-state index contributed by atoms with van der Waals surface area (Å²) in [5.41, 5.74) is 4.25. The van der Waals surface area contributed by atoms with Crippen LogP contribution in [-0.4, -0.2) is 117 Å². The molecule has 1 aromatic heterocycles. The summed E-state index contributed by atoms with van der Waals surface area (Å²) in [6.45, 7) is 12.5. The van der Waals surface area contributed by atoms with E-state index in [1.54, 1.807) is 12.1 Å². The summed E-state index contributed by atoms with van der Waals surface area (Å²) in [7, 11) is 0. The predicted octanol–water partition coefficient (Wildman–Crippen LogP) is 8.64. The van der Waals surface area contributed by atoms with Gasteiger partial charge < -0.3 is 34.8 Å². The first kappa shape index (κ1) is 49.3. The van der Waals surface area contributed by atoms with Crippen molar-refractivity contribution >= 4 is 28.9 Å². The van der Waals surface area contributed by atoms with Gasteiger partial charge in [-0.2, -0.15) is 39.5 Å². The number of para-hydroxylation sites is 1. The number of benzene rings is 2. The zero-order valence-corrected chi connectivity index (χ0v) is 30.9. The monoisotopic (exact) mass is 856 g/mol. The molecule has 3 heterocycles. The van der Waals surface area contributed by atoms with Gasteiger partial charge >= 0.3 is 42.8 Å². The average molecular weight is 857 g/mol. The van der Waals surface area contributed by atoms with Gasteiger partial charge in [-0.1, -0.05) is 32.0 Å². The number of piperidine rings is 2. The number of likely N-dealkylation sites (tertiary alicyclic amines) is 2. The Kier molecular flexibility index (Phi) is 17.2. The summed E-state index contributed by atoms with van der Waals surface area (Å²) in [6.07, 6.45) is -15.2. The van der Waals surface area contributed by atoms with Crippen LogP contribution in [-0.2, 0) is 14.4 Å². The Labute approximate surface area is 322 Å². The number of halogens is 12. The number of carbonyl (C=O) groups is 3. The van der Waals surface area contributed by atoms with Crippen LogP contribution in [0, 0.1) is 12.8 Å². The normalized spacial score (nSPS) is 16.3. The van der Waals surface area contributed by atoms with Gasteiger partial charge in [0.15, 0.2) is 0 Å². The van der Waals surface area contributed by atoms with E-state index in [0.29, 0.717) is 23.3 Å². The second-order valence-electron chi connectivity index (χ2n) is 13.5. The molecule has 2 aromatic carbocycles. The molecule has 2 aliphatic heterocycles. The SMILES string of the molecule is Cc1cc(C2CCN(C3CCN(CC(C)C)CC3)CC2)cc2[nH]c(-c3ccccc3OC(F)(F)F)nc12.O=C(O)C(F)(F)F.O=C(O)C(F)(F)F.O=C(O)C(F)(F)F. The van der Waals surface area contributed by atoms with E-state index in [1.807, 2.05) is 6.92 Å². The number of hydrogen-bond acceptors (Lipinski definition) is 7. The minimum atomic E-state index is -5.08. The van der Waals surface area contributed by atoms with E-state index in [-0.39, 0.29) is 5.75 Å². The number of ether oxygens (including phenoxy) is 1. The molecular formula is C35H40F12N4O7. The maximum atomic E-state index is 12.9. The number of aromatic amines is 1. The van der Waals surface area contributed by atoms with Crippen molar-refractivity contribution in [1.29, 1.82) is 0 Å². The molecule has 0 saturated carbocycles. The van der Waals surface area contributed by atoms with Crippen LogP contribution in [0.15, 0.2) is 36.4 Å². The number of nitrogens with one attached hydrogen (secondary N) is 1. The minimum absolute atomic E-state index is 0.255. The van der Waals surface area contributed by atoms with Crippen LogP contribution >= 0.6 is 0 Å². The number of nitrogens with zero attached hydrogens (tertiary/aromatic N) is 3.